The van der Waals surface area contributed by atoms with Crippen molar-refractivity contribution in [2.75, 3.05) is 0 Å². The van der Waals surface area contributed by atoms with Gasteiger partial charge < -0.3 is 5.11 Å². The highest BCUT2D eigenvalue weighted by atomic mass is 16.3. The van der Waals surface area contributed by atoms with Gasteiger partial charge in [-0.1, -0.05) is 27.2 Å². The monoisotopic (exact) mass is 156 g/mol. The van der Waals surface area contributed by atoms with Crippen molar-refractivity contribution in [1.29, 1.82) is 0 Å². The normalized spacial score (nSPS) is 37.1. The van der Waals surface area contributed by atoms with Gasteiger partial charge in [0, 0.05) is 0 Å². The zero-order chi connectivity index (χ0) is 8.48. The summed E-state index contributed by atoms with van der Waals surface area (Å²) in [5.41, 5.74) is 0.367. The van der Waals surface area contributed by atoms with Crippen LogP contribution in [0.1, 0.15) is 46.5 Å². The molecule has 1 aliphatic rings. The summed E-state index contributed by atoms with van der Waals surface area (Å²) in [5, 5.41) is 9.46. The van der Waals surface area contributed by atoms with Gasteiger partial charge in [0.15, 0.2) is 0 Å². The van der Waals surface area contributed by atoms with E-state index in [0.29, 0.717) is 5.41 Å². The second-order valence-corrected chi connectivity index (χ2v) is 4.53. The number of hydrogen-bond acceptors (Lipinski definition) is 1. The van der Waals surface area contributed by atoms with Crippen molar-refractivity contribution in [3.63, 3.8) is 0 Å². The molecule has 1 nitrogen and oxygen atoms in total. The van der Waals surface area contributed by atoms with Crippen LogP contribution in [0.3, 0.4) is 0 Å². The summed E-state index contributed by atoms with van der Waals surface area (Å²) >= 11 is 0. The number of rotatable bonds is 1. The van der Waals surface area contributed by atoms with Crippen LogP contribution in [0, 0.1) is 11.3 Å². The van der Waals surface area contributed by atoms with Crippen LogP contribution in [0.4, 0.5) is 0 Å². The fraction of sp³-hybridized carbons (Fsp3) is 1.00. The van der Waals surface area contributed by atoms with Gasteiger partial charge in [0.2, 0.25) is 0 Å². The molecule has 0 bridgehead atoms. The van der Waals surface area contributed by atoms with Crippen LogP contribution in [0.15, 0.2) is 0 Å². The molecule has 66 valence electrons. The highest BCUT2D eigenvalue weighted by molar-refractivity contribution is 4.85. The second-order valence-electron chi connectivity index (χ2n) is 4.53. The van der Waals surface area contributed by atoms with Crippen LogP contribution in [0.2, 0.25) is 0 Å². The molecule has 0 aromatic carbocycles. The molecule has 1 N–H and O–H groups in total. The molecule has 1 aliphatic carbocycles. The molecule has 0 radical (unpaired) electrons. The minimum atomic E-state index is -0.0344. The molecule has 0 heterocycles. The second kappa shape index (κ2) is 3.14. The molecule has 1 fully saturated rings. The van der Waals surface area contributed by atoms with E-state index in [1.165, 1.54) is 12.8 Å². The van der Waals surface area contributed by atoms with Gasteiger partial charge in [-0.3, -0.25) is 0 Å². The summed E-state index contributed by atoms with van der Waals surface area (Å²) in [6.45, 7) is 6.82. The Morgan fingerprint density at radius 2 is 2.00 bits per heavy atom. The Bertz CT molecular complexity index is 129. The fourth-order valence-corrected chi connectivity index (χ4v) is 2.42. The van der Waals surface area contributed by atoms with Crippen LogP contribution in [-0.4, -0.2) is 11.2 Å². The first kappa shape index (κ1) is 9.05. The van der Waals surface area contributed by atoms with Gasteiger partial charge in [-0.05, 0) is 30.6 Å². The minimum absolute atomic E-state index is 0.0344. The smallest absolute Gasteiger partial charge is 0.0545 e. The van der Waals surface area contributed by atoms with E-state index in [1.54, 1.807) is 0 Å². The molecule has 11 heavy (non-hydrogen) atoms. The van der Waals surface area contributed by atoms with Crippen molar-refractivity contribution in [1.82, 2.24) is 0 Å². The van der Waals surface area contributed by atoms with Crippen molar-refractivity contribution in [2.24, 2.45) is 11.3 Å². The van der Waals surface area contributed by atoms with E-state index in [0.717, 1.165) is 18.8 Å². The lowest BCUT2D eigenvalue weighted by Crippen LogP contribution is -2.34. The minimum Gasteiger partial charge on any atom is -0.393 e. The van der Waals surface area contributed by atoms with Crippen LogP contribution >= 0.6 is 0 Å². The van der Waals surface area contributed by atoms with Gasteiger partial charge in [-0.25, -0.2) is 0 Å². The maximum Gasteiger partial charge on any atom is 0.0545 e. The molecule has 0 spiro atoms. The molecule has 1 saturated carbocycles. The van der Waals surface area contributed by atoms with Gasteiger partial charge in [-0.2, -0.15) is 0 Å². The van der Waals surface area contributed by atoms with E-state index in [2.05, 4.69) is 20.8 Å². The Kier molecular flexibility index (Phi) is 2.58. The highest BCUT2D eigenvalue weighted by Gasteiger charge is 2.34. The van der Waals surface area contributed by atoms with E-state index in [1.807, 2.05) is 0 Å². The first-order valence-corrected chi connectivity index (χ1v) is 4.74. The Morgan fingerprint density at radius 3 is 2.45 bits per heavy atom. The highest BCUT2D eigenvalue weighted by Crippen LogP contribution is 2.42. The van der Waals surface area contributed by atoms with Crippen LogP contribution < -0.4 is 0 Å². The van der Waals surface area contributed by atoms with Crippen LogP contribution in [0.5, 0.6) is 0 Å². The standard InChI is InChI=1S/C10H20O/c1-4-8-5-6-9(11)7-10(8,2)3/h8-9,11H,4-7H2,1-3H3. The predicted octanol–water partition coefficient (Wildman–Crippen LogP) is 2.58. The van der Waals surface area contributed by atoms with Crippen molar-refractivity contribution in [3.8, 4) is 0 Å². The molecule has 0 aromatic heterocycles. The van der Waals surface area contributed by atoms with E-state index < -0.39 is 0 Å². The lowest BCUT2D eigenvalue weighted by molar-refractivity contribution is 0.0215. The quantitative estimate of drug-likeness (QED) is 0.618. The Balaban J connectivity index is 2.56. The van der Waals surface area contributed by atoms with Crippen molar-refractivity contribution >= 4 is 0 Å². The lowest BCUT2D eigenvalue weighted by atomic mass is 9.67. The summed E-state index contributed by atoms with van der Waals surface area (Å²) in [4.78, 5) is 0. The lowest BCUT2D eigenvalue weighted by Gasteiger charge is -2.40. The molecule has 0 saturated heterocycles. The maximum absolute atomic E-state index is 9.46. The molecular formula is C10H20O. The van der Waals surface area contributed by atoms with E-state index in [4.69, 9.17) is 0 Å². The third-order valence-corrected chi connectivity index (χ3v) is 3.21. The number of aliphatic hydroxyl groups excluding tert-OH is 1. The molecular weight excluding hydrogens is 136 g/mol. The van der Waals surface area contributed by atoms with E-state index in [9.17, 15) is 5.11 Å². The van der Waals surface area contributed by atoms with Crippen molar-refractivity contribution in [2.45, 2.75) is 52.6 Å². The molecule has 1 heteroatoms. The van der Waals surface area contributed by atoms with Gasteiger partial charge in [0.25, 0.3) is 0 Å². The van der Waals surface area contributed by atoms with E-state index in [-0.39, 0.29) is 6.10 Å². The third kappa shape index (κ3) is 1.96. The molecule has 0 aliphatic heterocycles. The molecule has 1 rings (SSSR count). The first-order chi connectivity index (χ1) is 5.06. The average Bonchev–Trinajstić information content (AvgIpc) is 1.85. The molecule has 0 aromatic rings. The summed E-state index contributed by atoms with van der Waals surface area (Å²) < 4.78 is 0. The largest absolute Gasteiger partial charge is 0.393 e. The van der Waals surface area contributed by atoms with Gasteiger partial charge in [0.05, 0.1) is 6.10 Å². The van der Waals surface area contributed by atoms with E-state index >= 15 is 0 Å². The predicted molar refractivity (Wildman–Crippen MR) is 47.4 cm³/mol. The first-order valence-electron chi connectivity index (χ1n) is 4.74. The number of hydrogen-bond donors (Lipinski definition) is 1. The third-order valence-electron chi connectivity index (χ3n) is 3.21. The van der Waals surface area contributed by atoms with Crippen molar-refractivity contribution in [3.05, 3.63) is 0 Å². The molecule has 2 atom stereocenters. The SMILES string of the molecule is CCC1CCC(O)CC1(C)C. The summed E-state index contributed by atoms with van der Waals surface area (Å²) in [7, 11) is 0. The van der Waals surface area contributed by atoms with Crippen molar-refractivity contribution < 1.29 is 5.11 Å². The van der Waals surface area contributed by atoms with Gasteiger partial charge in [0.1, 0.15) is 0 Å². The average molecular weight is 156 g/mol. The van der Waals surface area contributed by atoms with Crippen LogP contribution in [0.25, 0.3) is 0 Å². The number of aliphatic hydroxyl groups is 1. The summed E-state index contributed by atoms with van der Waals surface area (Å²) in [5.74, 6) is 0.825. The summed E-state index contributed by atoms with van der Waals surface area (Å²) in [6.07, 6.45) is 4.45. The van der Waals surface area contributed by atoms with Gasteiger partial charge >= 0.3 is 0 Å². The Hall–Kier alpha value is -0.0400. The molecule has 0 amide bonds. The Morgan fingerprint density at radius 1 is 1.36 bits per heavy atom. The van der Waals surface area contributed by atoms with Crippen LogP contribution in [-0.2, 0) is 0 Å². The molecule has 2 unspecified atom stereocenters. The fourth-order valence-electron chi connectivity index (χ4n) is 2.42. The maximum atomic E-state index is 9.46. The topological polar surface area (TPSA) is 20.2 Å². The zero-order valence-electron chi connectivity index (χ0n) is 7.93. The van der Waals surface area contributed by atoms with Gasteiger partial charge in [-0.15, -0.1) is 0 Å². The summed E-state index contributed by atoms with van der Waals surface area (Å²) in [6, 6.07) is 0. The zero-order valence-corrected chi connectivity index (χ0v) is 7.93. The Labute approximate surface area is 69.8 Å².